The maximum absolute atomic E-state index is 12.5. The van der Waals surface area contributed by atoms with E-state index >= 15 is 0 Å². The highest BCUT2D eigenvalue weighted by atomic mass is 16.5. The highest BCUT2D eigenvalue weighted by Gasteiger charge is 2.10. The van der Waals surface area contributed by atoms with E-state index in [2.05, 4.69) is 52.8 Å². The van der Waals surface area contributed by atoms with Crippen molar-refractivity contribution in [1.29, 1.82) is 0 Å². The zero-order valence-electron chi connectivity index (χ0n) is 21.1. The Morgan fingerprint density at radius 3 is 1.88 bits per heavy atom. The van der Waals surface area contributed by atoms with Crippen LogP contribution in [0.4, 0.5) is 0 Å². The first-order valence-corrected chi connectivity index (χ1v) is 12.1. The average molecular weight is 445 g/mol. The smallest absolute Gasteiger partial charge is 0.339 e. The molecule has 2 heteroatoms. The summed E-state index contributed by atoms with van der Waals surface area (Å²) < 4.78 is 5.51. The lowest BCUT2D eigenvalue weighted by Gasteiger charge is -2.07. The first-order chi connectivity index (χ1) is 15.9. The predicted octanol–water partition coefficient (Wildman–Crippen LogP) is 9.14. The van der Waals surface area contributed by atoms with E-state index in [-0.39, 0.29) is 5.97 Å². The normalized spacial score (nSPS) is 12.7. The van der Waals surface area contributed by atoms with Gasteiger partial charge in [0.25, 0.3) is 0 Å². The number of carbonyl (C=O) groups is 1. The summed E-state index contributed by atoms with van der Waals surface area (Å²) >= 11 is 0. The molecule has 2 rings (SSSR count). The van der Waals surface area contributed by atoms with E-state index in [1.165, 1.54) is 22.3 Å². The average Bonchev–Trinajstić information content (AvgIpc) is 2.78. The molecular weight excluding hydrogens is 404 g/mol. The van der Waals surface area contributed by atoms with E-state index in [4.69, 9.17) is 4.74 Å². The molecule has 0 spiro atoms. The van der Waals surface area contributed by atoms with Gasteiger partial charge in [0.05, 0.1) is 5.56 Å². The van der Waals surface area contributed by atoms with Crippen molar-refractivity contribution < 1.29 is 9.53 Å². The van der Waals surface area contributed by atoms with Gasteiger partial charge in [0.1, 0.15) is 6.61 Å². The van der Waals surface area contributed by atoms with Crippen molar-refractivity contribution in [2.75, 3.05) is 6.61 Å². The monoisotopic (exact) mass is 444 g/mol. The number of carbonyl (C=O) groups excluding carboxylic acids is 1. The van der Waals surface area contributed by atoms with Crippen molar-refractivity contribution >= 4 is 16.7 Å². The molecule has 2 aromatic rings. The van der Waals surface area contributed by atoms with E-state index in [1.807, 2.05) is 48.5 Å². The summed E-state index contributed by atoms with van der Waals surface area (Å²) in [5, 5.41) is 1.99. The van der Waals surface area contributed by atoms with Crippen molar-refractivity contribution in [1.82, 2.24) is 0 Å². The molecule has 176 valence electrons. The minimum Gasteiger partial charge on any atom is -0.458 e. The van der Waals surface area contributed by atoms with Gasteiger partial charge in [0.15, 0.2) is 0 Å². The summed E-state index contributed by atoms with van der Waals surface area (Å²) in [4.78, 5) is 12.5. The second-order valence-corrected chi connectivity index (χ2v) is 9.17. The number of rotatable bonds is 12. The third kappa shape index (κ3) is 10.1. The highest BCUT2D eigenvalue weighted by Crippen LogP contribution is 2.19. The zero-order chi connectivity index (χ0) is 24.1. The molecule has 0 atom stereocenters. The summed E-state index contributed by atoms with van der Waals surface area (Å²) in [7, 11) is 0. The maximum atomic E-state index is 12.5. The van der Waals surface area contributed by atoms with Gasteiger partial charge in [0, 0.05) is 0 Å². The molecule has 0 fully saturated rings. The number of ether oxygens (including phenoxy) is 1. The quantitative estimate of drug-likeness (QED) is 0.241. The number of fused-ring (bicyclic) bond motifs is 1. The molecule has 0 aromatic heterocycles. The van der Waals surface area contributed by atoms with Gasteiger partial charge in [-0.15, -0.1) is 0 Å². The van der Waals surface area contributed by atoms with Crippen LogP contribution in [0.25, 0.3) is 10.8 Å². The molecule has 0 unspecified atom stereocenters. The number of benzene rings is 2. The van der Waals surface area contributed by atoms with Gasteiger partial charge in [-0.05, 0) is 96.1 Å². The first-order valence-electron chi connectivity index (χ1n) is 12.1. The molecule has 0 bridgehead atoms. The molecule has 0 heterocycles. The van der Waals surface area contributed by atoms with E-state index < -0.39 is 0 Å². The van der Waals surface area contributed by atoms with Crippen LogP contribution in [0, 0.1) is 0 Å². The maximum Gasteiger partial charge on any atom is 0.339 e. The van der Waals surface area contributed by atoms with Gasteiger partial charge in [-0.1, -0.05) is 76.9 Å². The highest BCUT2D eigenvalue weighted by molar-refractivity contribution is 6.04. The fourth-order valence-corrected chi connectivity index (χ4v) is 3.73. The van der Waals surface area contributed by atoms with E-state index in [0.717, 1.165) is 49.3 Å². The molecule has 2 nitrogen and oxygen atoms in total. The molecule has 33 heavy (non-hydrogen) atoms. The molecular formula is C31H40O2. The summed E-state index contributed by atoms with van der Waals surface area (Å²) in [5.41, 5.74) is 6.20. The molecule has 0 radical (unpaired) electrons. The lowest BCUT2D eigenvalue weighted by atomic mass is 10.0. The lowest BCUT2D eigenvalue weighted by molar-refractivity contribution is 0.0551. The Bertz CT molecular complexity index is 1020. The Morgan fingerprint density at radius 1 is 0.697 bits per heavy atom. The minimum absolute atomic E-state index is 0.268. The molecule has 0 N–H and O–H groups in total. The molecule has 0 aliphatic heterocycles. The predicted molar refractivity (Wildman–Crippen MR) is 143 cm³/mol. The standard InChI is InChI=1S/C31H40O2/c1-24(2)12-8-13-25(3)14-9-15-26(4)16-10-17-27(5)22-23-33-31(32)30-21-11-19-28-18-6-7-20-29(28)30/h6-7,11-12,14,16,18-22H,8-10,13,15,17,23H2,1-5H3/b25-14+,26-16+,27-22+. The van der Waals surface area contributed by atoms with Gasteiger partial charge in [-0.25, -0.2) is 4.79 Å². The van der Waals surface area contributed by atoms with Crippen LogP contribution in [0.5, 0.6) is 0 Å². The van der Waals surface area contributed by atoms with Crippen LogP contribution in [0.3, 0.4) is 0 Å². The van der Waals surface area contributed by atoms with Gasteiger partial charge >= 0.3 is 5.97 Å². The van der Waals surface area contributed by atoms with Gasteiger partial charge in [-0.3, -0.25) is 0 Å². The molecule has 0 saturated carbocycles. The van der Waals surface area contributed by atoms with Crippen LogP contribution < -0.4 is 0 Å². The largest absolute Gasteiger partial charge is 0.458 e. The third-order valence-electron chi connectivity index (χ3n) is 5.81. The van der Waals surface area contributed by atoms with Crippen LogP contribution in [-0.4, -0.2) is 12.6 Å². The Balaban J connectivity index is 1.71. The number of allylic oxidation sites excluding steroid dienone is 7. The van der Waals surface area contributed by atoms with Crippen molar-refractivity contribution in [2.24, 2.45) is 0 Å². The Morgan fingerprint density at radius 2 is 1.24 bits per heavy atom. The van der Waals surface area contributed by atoms with E-state index in [9.17, 15) is 4.79 Å². The Hall–Kier alpha value is -2.87. The van der Waals surface area contributed by atoms with Crippen molar-refractivity contribution in [2.45, 2.75) is 73.1 Å². The van der Waals surface area contributed by atoms with Crippen molar-refractivity contribution in [3.05, 3.63) is 94.6 Å². The second kappa shape index (κ2) is 14.3. The Kier molecular flexibility index (Phi) is 11.4. The topological polar surface area (TPSA) is 26.3 Å². The fourth-order valence-electron chi connectivity index (χ4n) is 3.73. The molecule has 0 aliphatic carbocycles. The van der Waals surface area contributed by atoms with Crippen LogP contribution in [0.1, 0.15) is 83.5 Å². The van der Waals surface area contributed by atoms with Crippen LogP contribution in [0.15, 0.2) is 89.1 Å². The SMILES string of the molecule is CC(C)=CCC/C(C)=C/CC/C(C)=C/CC/C(C)=C/COC(=O)c1cccc2ccccc12. The summed E-state index contributed by atoms with van der Waals surface area (Å²) in [5.74, 6) is -0.268. The Labute approximate surface area is 200 Å². The van der Waals surface area contributed by atoms with Crippen LogP contribution in [0.2, 0.25) is 0 Å². The van der Waals surface area contributed by atoms with Crippen LogP contribution >= 0.6 is 0 Å². The summed E-state index contributed by atoms with van der Waals surface area (Å²) in [6.07, 6.45) is 15.6. The van der Waals surface area contributed by atoms with Crippen LogP contribution in [-0.2, 0) is 4.74 Å². The lowest BCUT2D eigenvalue weighted by Crippen LogP contribution is -2.06. The molecule has 0 saturated heterocycles. The van der Waals surface area contributed by atoms with Crippen molar-refractivity contribution in [3.63, 3.8) is 0 Å². The number of esters is 1. The van der Waals surface area contributed by atoms with E-state index in [1.54, 1.807) is 0 Å². The third-order valence-corrected chi connectivity index (χ3v) is 5.81. The van der Waals surface area contributed by atoms with Gasteiger partial charge < -0.3 is 4.74 Å². The molecule has 0 amide bonds. The van der Waals surface area contributed by atoms with Gasteiger partial charge in [0.2, 0.25) is 0 Å². The van der Waals surface area contributed by atoms with Crippen molar-refractivity contribution in [3.8, 4) is 0 Å². The number of hydrogen-bond donors (Lipinski definition) is 0. The molecule has 2 aromatic carbocycles. The minimum atomic E-state index is -0.268. The fraction of sp³-hybridized carbons (Fsp3) is 0.387. The zero-order valence-corrected chi connectivity index (χ0v) is 21.1. The second-order valence-electron chi connectivity index (χ2n) is 9.17. The first kappa shape index (κ1) is 26.4. The number of hydrogen-bond acceptors (Lipinski definition) is 2. The summed E-state index contributed by atoms with van der Waals surface area (Å²) in [6.45, 7) is 11.2. The summed E-state index contributed by atoms with van der Waals surface area (Å²) in [6, 6.07) is 13.6. The van der Waals surface area contributed by atoms with E-state index in [0.29, 0.717) is 12.2 Å². The molecule has 0 aliphatic rings. The van der Waals surface area contributed by atoms with Gasteiger partial charge in [-0.2, -0.15) is 0 Å².